The molecule has 1 amide bonds. The average molecular weight is 468 g/mol. The molecule has 170 valence electrons. The standard InChI is InChI=1S/C23H22ClN5O4/c1-31-17-7-8-18(19(14-17)32-2)23-27-26-20-9-10-22(28-29(20)23)33-12-11-25-21(30)13-15-3-5-16(24)6-4-15/h3-10,14H,11-13H2,1-2H3,(H,25,30). The highest BCUT2D eigenvalue weighted by Crippen LogP contribution is 2.32. The zero-order valence-corrected chi connectivity index (χ0v) is 18.9. The van der Waals surface area contributed by atoms with Crippen LogP contribution in [0.4, 0.5) is 0 Å². The topological polar surface area (TPSA) is 99.9 Å². The van der Waals surface area contributed by atoms with Crippen LogP contribution in [0.3, 0.4) is 0 Å². The number of amides is 1. The molecule has 0 spiro atoms. The van der Waals surface area contributed by atoms with Gasteiger partial charge in [0, 0.05) is 17.2 Å². The Hall–Kier alpha value is -3.85. The Morgan fingerprint density at radius 2 is 1.85 bits per heavy atom. The highest BCUT2D eigenvalue weighted by atomic mass is 35.5. The van der Waals surface area contributed by atoms with E-state index >= 15 is 0 Å². The van der Waals surface area contributed by atoms with Crippen molar-refractivity contribution < 1.29 is 19.0 Å². The molecule has 10 heteroatoms. The minimum Gasteiger partial charge on any atom is -0.497 e. The molecule has 2 aromatic heterocycles. The smallest absolute Gasteiger partial charge is 0.231 e. The Balaban J connectivity index is 1.39. The Bertz CT molecular complexity index is 1260. The molecule has 0 aliphatic carbocycles. The predicted molar refractivity (Wildman–Crippen MR) is 123 cm³/mol. The minimum atomic E-state index is -0.1000. The number of nitrogens with zero attached hydrogens (tertiary/aromatic N) is 4. The van der Waals surface area contributed by atoms with Gasteiger partial charge in [-0.05, 0) is 35.9 Å². The quantitative estimate of drug-likeness (QED) is 0.377. The SMILES string of the molecule is COc1ccc(-c2nnc3ccc(OCCNC(=O)Cc4ccc(Cl)cc4)nn23)c(OC)c1. The van der Waals surface area contributed by atoms with Gasteiger partial charge in [-0.15, -0.1) is 15.3 Å². The number of nitrogens with one attached hydrogen (secondary N) is 1. The van der Waals surface area contributed by atoms with Crippen molar-refractivity contribution in [1.82, 2.24) is 25.1 Å². The number of hydrogen-bond acceptors (Lipinski definition) is 7. The van der Waals surface area contributed by atoms with Crippen molar-refractivity contribution in [2.24, 2.45) is 0 Å². The molecule has 0 unspecified atom stereocenters. The molecule has 33 heavy (non-hydrogen) atoms. The Morgan fingerprint density at radius 1 is 1.03 bits per heavy atom. The molecular weight excluding hydrogens is 446 g/mol. The van der Waals surface area contributed by atoms with Crippen molar-refractivity contribution in [2.75, 3.05) is 27.4 Å². The molecular formula is C23H22ClN5O4. The van der Waals surface area contributed by atoms with Crippen LogP contribution in [-0.2, 0) is 11.2 Å². The lowest BCUT2D eigenvalue weighted by molar-refractivity contribution is -0.120. The maximum absolute atomic E-state index is 12.1. The monoisotopic (exact) mass is 467 g/mol. The number of halogens is 1. The van der Waals surface area contributed by atoms with Gasteiger partial charge in [-0.25, -0.2) is 0 Å². The summed E-state index contributed by atoms with van der Waals surface area (Å²) in [6.45, 7) is 0.599. The lowest BCUT2D eigenvalue weighted by Gasteiger charge is -2.10. The number of fused-ring (bicyclic) bond motifs is 1. The molecule has 4 rings (SSSR count). The molecule has 2 aromatic carbocycles. The maximum Gasteiger partial charge on any atom is 0.231 e. The maximum atomic E-state index is 12.1. The lowest BCUT2D eigenvalue weighted by atomic mass is 10.1. The van der Waals surface area contributed by atoms with Crippen LogP contribution in [-0.4, -0.2) is 53.1 Å². The summed E-state index contributed by atoms with van der Waals surface area (Å²) in [5, 5.41) is 16.4. The van der Waals surface area contributed by atoms with Gasteiger partial charge >= 0.3 is 0 Å². The Labute approximate surface area is 195 Å². The number of methoxy groups -OCH3 is 2. The second-order valence-corrected chi connectivity index (χ2v) is 7.47. The van der Waals surface area contributed by atoms with Crippen LogP contribution < -0.4 is 19.5 Å². The summed E-state index contributed by atoms with van der Waals surface area (Å²) in [7, 11) is 3.16. The molecule has 0 fully saturated rings. The van der Waals surface area contributed by atoms with E-state index in [0.29, 0.717) is 46.0 Å². The first kappa shape index (κ1) is 22.3. The third-order valence-corrected chi connectivity index (χ3v) is 5.09. The number of benzene rings is 2. The Kier molecular flexibility index (Phi) is 6.89. The van der Waals surface area contributed by atoms with Crippen molar-refractivity contribution in [3.05, 3.63) is 65.2 Å². The number of rotatable bonds is 9. The van der Waals surface area contributed by atoms with Gasteiger partial charge in [-0.3, -0.25) is 4.79 Å². The fourth-order valence-electron chi connectivity index (χ4n) is 3.20. The fourth-order valence-corrected chi connectivity index (χ4v) is 3.32. The lowest BCUT2D eigenvalue weighted by Crippen LogP contribution is -2.29. The van der Waals surface area contributed by atoms with Gasteiger partial charge in [-0.2, -0.15) is 4.52 Å². The summed E-state index contributed by atoms with van der Waals surface area (Å²) in [6.07, 6.45) is 0.273. The first-order valence-corrected chi connectivity index (χ1v) is 10.5. The summed E-state index contributed by atoms with van der Waals surface area (Å²) in [6, 6.07) is 16.0. The molecule has 2 heterocycles. The highest BCUT2D eigenvalue weighted by molar-refractivity contribution is 6.30. The second-order valence-electron chi connectivity index (χ2n) is 7.03. The van der Waals surface area contributed by atoms with Crippen LogP contribution in [0.5, 0.6) is 17.4 Å². The van der Waals surface area contributed by atoms with E-state index in [1.165, 1.54) is 0 Å². The normalized spacial score (nSPS) is 10.8. The molecule has 0 saturated carbocycles. The fraction of sp³-hybridized carbons (Fsp3) is 0.217. The van der Waals surface area contributed by atoms with Gasteiger partial charge in [-0.1, -0.05) is 23.7 Å². The van der Waals surface area contributed by atoms with Gasteiger partial charge in [0.2, 0.25) is 11.8 Å². The van der Waals surface area contributed by atoms with Crippen LogP contribution in [0.25, 0.3) is 17.0 Å². The molecule has 0 aliphatic heterocycles. The largest absolute Gasteiger partial charge is 0.497 e. The molecule has 0 bridgehead atoms. The van der Waals surface area contributed by atoms with E-state index in [0.717, 1.165) is 5.56 Å². The van der Waals surface area contributed by atoms with Crippen molar-refractivity contribution in [3.63, 3.8) is 0 Å². The van der Waals surface area contributed by atoms with E-state index in [2.05, 4.69) is 20.6 Å². The van der Waals surface area contributed by atoms with Crippen molar-refractivity contribution in [3.8, 4) is 28.8 Å². The van der Waals surface area contributed by atoms with Crippen molar-refractivity contribution in [1.29, 1.82) is 0 Å². The van der Waals surface area contributed by atoms with Crippen LogP contribution in [0.2, 0.25) is 5.02 Å². The first-order chi connectivity index (χ1) is 16.1. The van der Waals surface area contributed by atoms with Crippen LogP contribution in [0, 0.1) is 0 Å². The van der Waals surface area contributed by atoms with E-state index < -0.39 is 0 Å². The van der Waals surface area contributed by atoms with E-state index in [-0.39, 0.29) is 18.9 Å². The number of aromatic nitrogens is 4. The van der Waals surface area contributed by atoms with Crippen molar-refractivity contribution >= 4 is 23.2 Å². The van der Waals surface area contributed by atoms with Gasteiger partial charge in [0.15, 0.2) is 11.5 Å². The van der Waals surface area contributed by atoms with Gasteiger partial charge < -0.3 is 19.5 Å². The highest BCUT2D eigenvalue weighted by Gasteiger charge is 2.16. The van der Waals surface area contributed by atoms with Gasteiger partial charge in [0.05, 0.1) is 32.7 Å². The Morgan fingerprint density at radius 3 is 2.61 bits per heavy atom. The first-order valence-electron chi connectivity index (χ1n) is 10.2. The summed E-state index contributed by atoms with van der Waals surface area (Å²) >= 11 is 5.87. The predicted octanol–water partition coefficient (Wildman–Crippen LogP) is 3.20. The van der Waals surface area contributed by atoms with Crippen LogP contribution in [0.15, 0.2) is 54.6 Å². The number of carbonyl (C=O) groups excluding carboxylic acids is 1. The number of carbonyl (C=O) groups is 1. The second kappa shape index (κ2) is 10.2. The molecule has 1 N–H and O–H groups in total. The summed E-state index contributed by atoms with van der Waals surface area (Å²) in [5.41, 5.74) is 2.16. The van der Waals surface area contributed by atoms with E-state index in [4.69, 9.17) is 25.8 Å². The van der Waals surface area contributed by atoms with E-state index in [9.17, 15) is 4.79 Å². The zero-order chi connectivity index (χ0) is 23.2. The molecule has 0 aliphatic rings. The third-order valence-electron chi connectivity index (χ3n) is 4.84. The minimum absolute atomic E-state index is 0.1000. The van der Waals surface area contributed by atoms with Crippen molar-refractivity contribution in [2.45, 2.75) is 6.42 Å². The number of ether oxygens (including phenoxy) is 3. The summed E-state index contributed by atoms with van der Waals surface area (Å²) < 4.78 is 18.0. The average Bonchev–Trinajstić information content (AvgIpc) is 3.26. The van der Waals surface area contributed by atoms with Crippen LogP contribution in [0.1, 0.15) is 5.56 Å². The molecule has 4 aromatic rings. The van der Waals surface area contributed by atoms with Crippen LogP contribution >= 0.6 is 11.6 Å². The summed E-state index contributed by atoms with van der Waals surface area (Å²) in [5.74, 6) is 2.03. The third kappa shape index (κ3) is 5.32. The summed E-state index contributed by atoms with van der Waals surface area (Å²) in [4.78, 5) is 12.1. The van der Waals surface area contributed by atoms with Gasteiger partial charge in [0.1, 0.15) is 18.1 Å². The molecule has 0 radical (unpaired) electrons. The van der Waals surface area contributed by atoms with Gasteiger partial charge in [0.25, 0.3) is 0 Å². The molecule has 0 saturated heterocycles. The zero-order valence-electron chi connectivity index (χ0n) is 18.1. The van der Waals surface area contributed by atoms with E-state index in [1.54, 1.807) is 49.1 Å². The number of hydrogen-bond donors (Lipinski definition) is 1. The molecule has 0 atom stereocenters. The van der Waals surface area contributed by atoms with E-state index in [1.807, 2.05) is 24.3 Å². The molecule has 9 nitrogen and oxygen atoms in total.